The molecule has 0 amide bonds. The number of benzene rings is 1. The Morgan fingerprint density at radius 3 is 2.96 bits per heavy atom. The Bertz CT molecular complexity index is 845. The molecule has 1 aromatic carbocycles. The van der Waals surface area contributed by atoms with E-state index < -0.39 is 0 Å². The average molecular weight is 323 g/mol. The molecule has 0 atom stereocenters. The molecule has 3 heterocycles. The van der Waals surface area contributed by atoms with E-state index >= 15 is 0 Å². The van der Waals surface area contributed by atoms with Gasteiger partial charge in [0.05, 0.1) is 23.8 Å². The fraction of sp³-hybridized carbons (Fsp3) is 0.474. The third-order valence-corrected chi connectivity index (χ3v) is 4.98. The van der Waals surface area contributed by atoms with Crippen LogP contribution in [0.15, 0.2) is 30.5 Å². The first-order chi connectivity index (χ1) is 11.8. The first-order valence-electron chi connectivity index (χ1n) is 8.92. The second-order valence-corrected chi connectivity index (χ2v) is 6.72. The van der Waals surface area contributed by atoms with E-state index in [4.69, 9.17) is 4.98 Å². The van der Waals surface area contributed by atoms with E-state index in [0.29, 0.717) is 0 Å². The Morgan fingerprint density at radius 1 is 1.21 bits per heavy atom. The zero-order chi connectivity index (χ0) is 16.5. The fourth-order valence-corrected chi connectivity index (χ4v) is 3.81. The van der Waals surface area contributed by atoms with E-state index in [2.05, 4.69) is 52.8 Å². The van der Waals surface area contributed by atoms with Gasteiger partial charge in [0, 0.05) is 31.4 Å². The fourth-order valence-electron chi connectivity index (χ4n) is 3.81. The van der Waals surface area contributed by atoms with Gasteiger partial charge in [-0.2, -0.15) is 5.10 Å². The van der Waals surface area contributed by atoms with Gasteiger partial charge < -0.3 is 4.57 Å². The van der Waals surface area contributed by atoms with Crippen molar-refractivity contribution in [3.05, 3.63) is 47.5 Å². The Labute approximate surface area is 142 Å². The maximum absolute atomic E-state index is 4.92. The van der Waals surface area contributed by atoms with Crippen LogP contribution in [0.2, 0.25) is 0 Å². The molecular weight excluding hydrogens is 298 g/mol. The molecule has 5 heteroatoms. The van der Waals surface area contributed by atoms with Crippen molar-refractivity contribution in [1.29, 1.82) is 0 Å². The van der Waals surface area contributed by atoms with Gasteiger partial charge in [-0.25, -0.2) is 4.98 Å². The minimum Gasteiger partial charge on any atom is -0.327 e. The van der Waals surface area contributed by atoms with Crippen molar-refractivity contribution < 1.29 is 0 Å². The lowest BCUT2D eigenvalue weighted by Gasteiger charge is -2.20. The number of aryl methyl sites for hydroxylation is 2. The number of hydrogen-bond donors (Lipinski definition) is 0. The number of fused-ring (bicyclic) bond motifs is 2. The topological polar surface area (TPSA) is 38.9 Å². The van der Waals surface area contributed by atoms with Gasteiger partial charge in [0.2, 0.25) is 0 Å². The van der Waals surface area contributed by atoms with Crippen molar-refractivity contribution in [1.82, 2.24) is 24.2 Å². The molecule has 5 nitrogen and oxygen atoms in total. The van der Waals surface area contributed by atoms with E-state index in [9.17, 15) is 0 Å². The summed E-state index contributed by atoms with van der Waals surface area (Å²) >= 11 is 0. The largest absolute Gasteiger partial charge is 0.327 e. The lowest BCUT2D eigenvalue weighted by atomic mass is 10.2. The van der Waals surface area contributed by atoms with Crippen LogP contribution in [0.25, 0.3) is 11.0 Å². The van der Waals surface area contributed by atoms with Crippen molar-refractivity contribution in [3.63, 3.8) is 0 Å². The molecule has 2 aromatic heterocycles. The van der Waals surface area contributed by atoms with Crippen LogP contribution in [0.5, 0.6) is 0 Å². The Morgan fingerprint density at radius 2 is 2.08 bits per heavy atom. The van der Waals surface area contributed by atoms with E-state index in [1.165, 1.54) is 29.0 Å². The second kappa shape index (κ2) is 6.40. The molecule has 0 fully saturated rings. The van der Waals surface area contributed by atoms with Gasteiger partial charge in [0.25, 0.3) is 0 Å². The van der Waals surface area contributed by atoms with Crippen molar-refractivity contribution in [2.24, 2.45) is 7.05 Å². The smallest absolute Gasteiger partial charge is 0.124 e. The standard InChI is InChI=1S/C19H25N5/c1-3-10-24-18-8-5-4-7-16(18)21-19(24)14-23-11-6-9-17-15(13-23)12-20-22(17)2/h4-5,7-8,12H,3,6,9-11,13-14H2,1-2H3. The molecule has 1 aliphatic rings. The Balaban J connectivity index is 1.63. The van der Waals surface area contributed by atoms with E-state index in [1.807, 2.05) is 10.9 Å². The predicted molar refractivity (Wildman–Crippen MR) is 95.7 cm³/mol. The van der Waals surface area contributed by atoms with Gasteiger partial charge in [-0.05, 0) is 37.9 Å². The lowest BCUT2D eigenvalue weighted by Crippen LogP contribution is -2.24. The van der Waals surface area contributed by atoms with Crippen LogP contribution < -0.4 is 0 Å². The van der Waals surface area contributed by atoms with Crippen LogP contribution in [0, 0.1) is 0 Å². The molecule has 0 unspecified atom stereocenters. The van der Waals surface area contributed by atoms with Crippen molar-refractivity contribution in [2.45, 2.75) is 45.8 Å². The summed E-state index contributed by atoms with van der Waals surface area (Å²) in [5.41, 5.74) is 5.12. The summed E-state index contributed by atoms with van der Waals surface area (Å²) < 4.78 is 4.43. The number of hydrogen-bond acceptors (Lipinski definition) is 3. The van der Waals surface area contributed by atoms with Gasteiger partial charge in [-0.3, -0.25) is 9.58 Å². The van der Waals surface area contributed by atoms with E-state index in [0.717, 1.165) is 44.5 Å². The van der Waals surface area contributed by atoms with Crippen LogP contribution in [-0.2, 0) is 33.1 Å². The molecule has 4 rings (SSSR count). The lowest BCUT2D eigenvalue weighted by molar-refractivity contribution is 0.251. The van der Waals surface area contributed by atoms with Crippen molar-refractivity contribution in [2.75, 3.05) is 6.54 Å². The van der Waals surface area contributed by atoms with Gasteiger partial charge in [-0.1, -0.05) is 19.1 Å². The van der Waals surface area contributed by atoms with Crippen LogP contribution in [0.3, 0.4) is 0 Å². The molecule has 0 aliphatic carbocycles. The average Bonchev–Trinajstić information content (AvgIpc) is 3.01. The van der Waals surface area contributed by atoms with Crippen LogP contribution >= 0.6 is 0 Å². The van der Waals surface area contributed by atoms with Crippen molar-refractivity contribution >= 4 is 11.0 Å². The summed E-state index contributed by atoms with van der Waals surface area (Å²) in [7, 11) is 2.05. The number of nitrogens with zero attached hydrogens (tertiary/aromatic N) is 5. The highest BCUT2D eigenvalue weighted by atomic mass is 15.3. The highest BCUT2D eigenvalue weighted by Crippen LogP contribution is 2.22. The molecule has 0 spiro atoms. The van der Waals surface area contributed by atoms with Crippen LogP contribution in [-0.4, -0.2) is 30.8 Å². The molecule has 24 heavy (non-hydrogen) atoms. The van der Waals surface area contributed by atoms with E-state index in [1.54, 1.807) is 0 Å². The molecule has 126 valence electrons. The minimum atomic E-state index is 0.906. The zero-order valence-electron chi connectivity index (χ0n) is 14.6. The monoisotopic (exact) mass is 323 g/mol. The first kappa shape index (κ1) is 15.4. The zero-order valence-corrected chi connectivity index (χ0v) is 14.6. The molecule has 0 N–H and O–H groups in total. The summed E-state index contributed by atoms with van der Waals surface area (Å²) in [6.07, 6.45) is 5.46. The number of imidazole rings is 1. The molecule has 1 aliphatic heterocycles. The first-order valence-corrected chi connectivity index (χ1v) is 8.92. The summed E-state index contributed by atoms with van der Waals surface area (Å²) in [4.78, 5) is 7.43. The number of rotatable bonds is 4. The highest BCUT2D eigenvalue weighted by Gasteiger charge is 2.20. The SMILES string of the molecule is CCCn1c(CN2CCCc3c(cnn3C)C2)nc2ccccc21. The van der Waals surface area contributed by atoms with Gasteiger partial charge in [-0.15, -0.1) is 0 Å². The highest BCUT2D eigenvalue weighted by molar-refractivity contribution is 5.75. The molecule has 0 bridgehead atoms. The summed E-state index contributed by atoms with van der Waals surface area (Å²) in [5.74, 6) is 1.19. The quantitative estimate of drug-likeness (QED) is 0.740. The normalized spacial score (nSPS) is 15.6. The minimum absolute atomic E-state index is 0.906. The van der Waals surface area contributed by atoms with Crippen LogP contribution in [0.4, 0.5) is 0 Å². The third-order valence-electron chi connectivity index (χ3n) is 4.98. The van der Waals surface area contributed by atoms with E-state index in [-0.39, 0.29) is 0 Å². The van der Waals surface area contributed by atoms with Crippen molar-refractivity contribution in [3.8, 4) is 0 Å². The molecule has 3 aromatic rings. The van der Waals surface area contributed by atoms with Gasteiger partial charge in [0.1, 0.15) is 5.82 Å². The maximum atomic E-state index is 4.92. The summed E-state index contributed by atoms with van der Waals surface area (Å²) in [5, 5.41) is 4.43. The van der Waals surface area contributed by atoms with Gasteiger partial charge in [0.15, 0.2) is 0 Å². The van der Waals surface area contributed by atoms with Crippen LogP contribution in [0.1, 0.15) is 36.8 Å². The number of para-hydroxylation sites is 2. The molecule has 0 saturated carbocycles. The maximum Gasteiger partial charge on any atom is 0.124 e. The molecular formula is C19H25N5. The second-order valence-electron chi connectivity index (χ2n) is 6.72. The predicted octanol–water partition coefficient (Wildman–Crippen LogP) is 3.13. The Kier molecular flexibility index (Phi) is 4.10. The summed E-state index contributed by atoms with van der Waals surface area (Å²) in [6.45, 7) is 6.25. The van der Waals surface area contributed by atoms with Gasteiger partial charge >= 0.3 is 0 Å². The molecule has 0 saturated heterocycles. The summed E-state index contributed by atoms with van der Waals surface area (Å²) in [6, 6.07) is 8.48. The third kappa shape index (κ3) is 2.73. The number of aromatic nitrogens is 4. The molecule has 0 radical (unpaired) electrons. The Hall–Kier alpha value is -2.14.